The van der Waals surface area contributed by atoms with Crippen LogP contribution in [-0.4, -0.2) is 90.7 Å². The number of nitrogens with one attached hydrogen (secondary N) is 2. The standard InChI is InChI=1S/C28H44N6O5S/c1-3-4-6-13-25(35)31-28(30)32-17-14-22(15-18-32)20-34(40(2,38)39)24(19-21-10-7-5-8-11-21)27(37)33-16-9-12-23(33)26(29)36/h5,7-8,10-11,22-24H,3-4,6,9,12-20H2,1-2H3,(H2,29,36)(H2,30,31,35)/t23-,24+/m0/s1. The van der Waals surface area contributed by atoms with Crippen molar-refractivity contribution < 1.29 is 22.8 Å². The van der Waals surface area contributed by atoms with E-state index in [1.165, 1.54) is 9.21 Å². The van der Waals surface area contributed by atoms with Gasteiger partial charge in [-0.3, -0.25) is 25.1 Å². The number of nitrogens with two attached hydrogens (primary N) is 1. The first-order valence-electron chi connectivity index (χ1n) is 14.2. The van der Waals surface area contributed by atoms with Crippen molar-refractivity contribution in [3.8, 4) is 0 Å². The number of hydrogen-bond donors (Lipinski definition) is 3. The molecule has 0 bridgehead atoms. The largest absolute Gasteiger partial charge is 0.368 e. The predicted molar refractivity (Wildman–Crippen MR) is 154 cm³/mol. The number of carbonyl (C=O) groups excluding carboxylic acids is 3. The Balaban J connectivity index is 1.72. The summed E-state index contributed by atoms with van der Waals surface area (Å²) in [5.41, 5.74) is 6.40. The Kier molecular flexibility index (Phi) is 11.5. The van der Waals surface area contributed by atoms with Gasteiger partial charge in [0.05, 0.1) is 6.26 Å². The first-order chi connectivity index (χ1) is 19.0. The summed E-state index contributed by atoms with van der Waals surface area (Å²) >= 11 is 0. The fraction of sp³-hybridized carbons (Fsp3) is 0.643. The third-order valence-corrected chi connectivity index (χ3v) is 9.08. The van der Waals surface area contributed by atoms with Crippen LogP contribution in [0.2, 0.25) is 0 Å². The number of piperidine rings is 1. The Hall–Kier alpha value is -2.99. The highest BCUT2D eigenvalue weighted by Gasteiger charge is 2.41. The van der Waals surface area contributed by atoms with Crippen LogP contribution in [0.15, 0.2) is 30.3 Å². The lowest BCUT2D eigenvalue weighted by Crippen LogP contribution is -2.56. The Morgan fingerprint density at radius 1 is 1.10 bits per heavy atom. The van der Waals surface area contributed by atoms with E-state index >= 15 is 0 Å². The molecule has 1 aromatic carbocycles. The molecule has 2 aliphatic heterocycles. The molecular weight excluding hydrogens is 532 g/mol. The van der Waals surface area contributed by atoms with Gasteiger partial charge in [-0.1, -0.05) is 50.1 Å². The number of carbonyl (C=O) groups is 3. The summed E-state index contributed by atoms with van der Waals surface area (Å²) in [6.07, 6.45) is 6.80. The first-order valence-corrected chi connectivity index (χ1v) is 16.1. The molecule has 2 aliphatic rings. The molecule has 0 aromatic heterocycles. The second kappa shape index (κ2) is 14.6. The summed E-state index contributed by atoms with van der Waals surface area (Å²) in [5.74, 6) is -1.11. The summed E-state index contributed by atoms with van der Waals surface area (Å²) in [6, 6.07) is 7.52. The van der Waals surface area contributed by atoms with Gasteiger partial charge < -0.3 is 15.5 Å². The van der Waals surface area contributed by atoms with E-state index in [0.717, 1.165) is 31.1 Å². The number of sulfonamides is 1. The molecule has 11 nitrogen and oxygen atoms in total. The number of primary amides is 1. The maximum atomic E-state index is 13.9. The third kappa shape index (κ3) is 8.76. The van der Waals surface area contributed by atoms with E-state index in [0.29, 0.717) is 51.7 Å². The van der Waals surface area contributed by atoms with E-state index in [1.807, 2.05) is 30.3 Å². The smallest absolute Gasteiger partial charge is 0.242 e. The molecule has 3 rings (SSSR count). The van der Waals surface area contributed by atoms with Crippen LogP contribution in [0.4, 0.5) is 0 Å². The monoisotopic (exact) mass is 576 g/mol. The predicted octanol–water partition coefficient (Wildman–Crippen LogP) is 1.68. The van der Waals surface area contributed by atoms with E-state index in [4.69, 9.17) is 11.1 Å². The lowest BCUT2D eigenvalue weighted by molar-refractivity contribution is -0.140. The van der Waals surface area contributed by atoms with Crippen molar-refractivity contribution in [1.82, 2.24) is 19.4 Å². The maximum Gasteiger partial charge on any atom is 0.242 e. The molecule has 12 heteroatoms. The minimum Gasteiger partial charge on any atom is -0.368 e. The maximum absolute atomic E-state index is 13.9. The van der Waals surface area contributed by atoms with Crippen molar-refractivity contribution in [3.05, 3.63) is 35.9 Å². The molecular formula is C28H44N6O5S. The Labute approximate surface area is 238 Å². The second-order valence-electron chi connectivity index (χ2n) is 10.9. The molecule has 2 heterocycles. The molecule has 4 N–H and O–H groups in total. The highest BCUT2D eigenvalue weighted by atomic mass is 32.2. The lowest BCUT2D eigenvalue weighted by Gasteiger charge is -2.38. The highest BCUT2D eigenvalue weighted by molar-refractivity contribution is 7.88. The zero-order valence-corrected chi connectivity index (χ0v) is 24.5. The number of benzene rings is 1. The number of likely N-dealkylation sites (tertiary alicyclic amines) is 2. The van der Waals surface area contributed by atoms with Gasteiger partial charge in [-0.2, -0.15) is 4.31 Å². The van der Waals surface area contributed by atoms with Gasteiger partial charge in [0, 0.05) is 32.6 Å². The summed E-state index contributed by atoms with van der Waals surface area (Å²) in [5, 5.41) is 11.0. The molecule has 0 radical (unpaired) electrons. The van der Waals surface area contributed by atoms with Gasteiger partial charge in [-0.15, -0.1) is 0 Å². The van der Waals surface area contributed by atoms with E-state index in [1.54, 1.807) is 4.90 Å². The van der Waals surface area contributed by atoms with Gasteiger partial charge in [0.15, 0.2) is 5.96 Å². The Morgan fingerprint density at radius 3 is 2.38 bits per heavy atom. The van der Waals surface area contributed by atoms with Crippen LogP contribution >= 0.6 is 0 Å². The average Bonchev–Trinajstić information content (AvgIpc) is 3.41. The fourth-order valence-corrected chi connectivity index (χ4v) is 6.67. The lowest BCUT2D eigenvalue weighted by atomic mass is 9.95. The minimum absolute atomic E-state index is 0.0318. The van der Waals surface area contributed by atoms with Gasteiger partial charge in [0.1, 0.15) is 12.1 Å². The van der Waals surface area contributed by atoms with Gasteiger partial charge in [-0.25, -0.2) is 8.42 Å². The van der Waals surface area contributed by atoms with Crippen molar-refractivity contribution in [1.29, 1.82) is 5.41 Å². The summed E-state index contributed by atoms with van der Waals surface area (Å²) in [6.45, 7) is 3.59. The quantitative estimate of drug-likeness (QED) is 0.195. The van der Waals surface area contributed by atoms with E-state index in [9.17, 15) is 22.8 Å². The van der Waals surface area contributed by atoms with Crippen molar-refractivity contribution in [2.75, 3.05) is 32.4 Å². The van der Waals surface area contributed by atoms with Crippen molar-refractivity contribution >= 4 is 33.7 Å². The van der Waals surface area contributed by atoms with E-state index in [2.05, 4.69) is 12.2 Å². The molecule has 2 saturated heterocycles. The molecule has 2 atom stereocenters. The molecule has 3 amide bonds. The van der Waals surface area contributed by atoms with Crippen LogP contribution in [0.3, 0.4) is 0 Å². The average molecular weight is 577 g/mol. The summed E-state index contributed by atoms with van der Waals surface area (Å²) < 4.78 is 27.6. The van der Waals surface area contributed by atoms with Crippen LogP contribution in [0, 0.1) is 11.3 Å². The Morgan fingerprint density at radius 2 is 1.77 bits per heavy atom. The zero-order valence-electron chi connectivity index (χ0n) is 23.7. The van der Waals surface area contributed by atoms with Crippen molar-refractivity contribution in [2.24, 2.45) is 11.7 Å². The number of hydrogen-bond acceptors (Lipinski definition) is 6. The molecule has 222 valence electrons. The Bertz CT molecular complexity index is 1140. The summed E-state index contributed by atoms with van der Waals surface area (Å²) in [7, 11) is -3.80. The number of nitrogens with zero attached hydrogens (tertiary/aromatic N) is 3. The molecule has 40 heavy (non-hydrogen) atoms. The number of guanidine groups is 1. The zero-order chi connectivity index (χ0) is 29.3. The van der Waals surface area contributed by atoms with Crippen LogP contribution in [0.5, 0.6) is 0 Å². The van der Waals surface area contributed by atoms with E-state index in [-0.39, 0.29) is 30.8 Å². The molecule has 0 spiro atoms. The molecule has 0 aliphatic carbocycles. The summed E-state index contributed by atoms with van der Waals surface area (Å²) in [4.78, 5) is 41.3. The number of rotatable bonds is 12. The van der Waals surface area contributed by atoms with Crippen LogP contribution in [-0.2, 0) is 30.8 Å². The fourth-order valence-electron chi connectivity index (χ4n) is 5.56. The topological polar surface area (TPSA) is 157 Å². The van der Waals surface area contributed by atoms with Gasteiger partial charge in [0.25, 0.3) is 0 Å². The molecule has 2 fully saturated rings. The van der Waals surface area contributed by atoms with E-state index < -0.39 is 33.9 Å². The van der Waals surface area contributed by atoms with Gasteiger partial charge in [0.2, 0.25) is 27.7 Å². The van der Waals surface area contributed by atoms with Crippen molar-refractivity contribution in [3.63, 3.8) is 0 Å². The van der Waals surface area contributed by atoms with Crippen LogP contribution in [0.1, 0.15) is 63.9 Å². The molecule has 0 unspecified atom stereocenters. The van der Waals surface area contributed by atoms with Crippen LogP contribution in [0.25, 0.3) is 0 Å². The molecule has 0 saturated carbocycles. The third-order valence-electron chi connectivity index (χ3n) is 7.83. The molecule has 1 aromatic rings. The number of unbranched alkanes of at least 4 members (excludes halogenated alkanes) is 2. The van der Waals surface area contributed by atoms with Crippen molar-refractivity contribution in [2.45, 2.75) is 76.8 Å². The number of amides is 3. The normalized spacial score (nSPS) is 19.0. The SMILES string of the molecule is CCCCCC(=O)NC(=N)N1CCC(CN([C@H](Cc2ccccc2)C(=O)N2CCC[C@H]2C(N)=O)S(C)(=O)=O)CC1. The second-order valence-corrected chi connectivity index (χ2v) is 12.8. The van der Waals surface area contributed by atoms with Gasteiger partial charge in [-0.05, 0) is 50.0 Å². The van der Waals surface area contributed by atoms with Crippen LogP contribution < -0.4 is 11.1 Å². The highest BCUT2D eigenvalue weighted by Crippen LogP contribution is 2.26. The van der Waals surface area contributed by atoms with Gasteiger partial charge >= 0.3 is 0 Å². The minimum atomic E-state index is -3.80. The first kappa shape index (κ1) is 31.5.